The zero-order valence-electron chi connectivity index (χ0n) is 11.0. The van der Waals surface area contributed by atoms with Crippen LogP contribution in [0.3, 0.4) is 0 Å². The Bertz CT molecular complexity index is 505. The van der Waals surface area contributed by atoms with Gasteiger partial charge >= 0.3 is 0 Å². The Kier molecular flexibility index (Phi) is 2.96. The van der Waals surface area contributed by atoms with Crippen LogP contribution in [0.2, 0.25) is 0 Å². The number of furan rings is 1. The van der Waals surface area contributed by atoms with Crippen LogP contribution in [0.1, 0.15) is 41.4 Å². The lowest BCUT2D eigenvalue weighted by Gasteiger charge is -2.14. The summed E-state index contributed by atoms with van der Waals surface area (Å²) in [7, 11) is 0. The Balaban J connectivity index is 2.22. The molecule has 0 aliphatic rings. The number of H-pyrrole nitrogens is 1. The van der Waals surface area contributed by atoms with Crippen molar-refractivity contribution in [1.82, 2.24) is 10.2 Å². The van der Waals surface area contributed by atoms with E-state index < -0.39 is 0 Å². The highest BCUT2D eigenvalue weighted by Crippen LogP contribution is 2.27. The highest BCUT2D eigenvalue weighted by Gasteiger charge is 2.15. The van der Waals surface area contributed by atoms with Crippen LogP contribution in [0.4, 0.5) is 5.69 Å². The molecule has 0 fully saturated rings. The van der Waals surface area contributed by atoms with Crippen molar-refractivity contribution < 1.29 is 4.42 Å². The lowest BCUT2D eigenvalue weighted by molar-refractivity contribution is 0.500. The van der Waals surface area contributed by atoms with Crippen molar-refractivity contribution in [3.05, 3.63) is 34.5 Å². The molecule has 0 saturated carbocycles. The monoisotopic (exact) mass is 233 g/mol. The van der Waals surface area contributed by atoms with Gasteiger partial charge in [0.25, 0.3) is 0 Å². The number of aromatic amines is 1. The second kappa shape index (κ2) is 4.28. The van der Waals surface area contributed by atoms with Crippen LogP contribution in [0.15, 0.2) is 10.5 Å². The third-order valence-corrected chi connectivity index (χ3v) is 3.03. The molecule has 2 heterocycles. The van der Waals surface area contributed by atoms with E-state index in [0.717, 1.165) is 28.6 Å². The number of rotatable bonds is 3. The van der Waals surface area contributed by atoms with E-state index in [4.69, 9.17) is 4.42 Å². The van der Waals surface area contributed by atoms with Crippen LogP contribution in [0, 0.1) is 27.7 Å². The van der Waals surface area contributed by atoms with Gasteiger partial charge in [-0.1, -0.05) is 0 Å². The molecule has 0 aliphatic heterocycles. The maximum absolute atomic E-state index is 5.55. The van der Waals surface area contributed by atoms with Crippen molar-refractivity contribution in [3.8, 4) is 0 Å². The summed E-state index contributed by atoms with van der Waals surface area (Å²) in [6.07, 6.45) is 0. The van der Waals surface area contributed by atoms with Gasteiger partial charge in [-0.3, -0.25) is 5.10 Å². The molecule has 0 radical (unpaired) electrons. The summed E-state index contributed by atoms with van der Waals surface area (Å²) in [5.41, 5.74) is 4.33. The van der Waals surface area contributed by atoms with Crippen molar-refractivity contribution >= 4 is 5.69 Å². The first-order valence-electron chi connectivity index (χ1n) is 5.84. The van der Waals surface area contributed by atoms with Crippen molar-refractivity contribution in [3.63, 3.8) is 0 Å². The number of hydrogen-bond acceptors (Lipinski definition) is 3. The molecule has 2 N–H and O–H groups in total. The Morgan fingerprint density at radius 2 is 2.00 bits per heavy atom. The van der Waals surface area contributed by atoms with E-state index in [1.165, 1.54) is 5.56 Å². The molecule has 4 nitrogen and oxygen atoms in total. The van der Waals surface area contributed by atoms with Crippen molar-refractivity contribution in [2.75, 3.05) is 5.32 Å². The summed E-state index contributed by atoms with van der Waals surface area (Å²) in [6, 6.07) is 2.29. The first kappa shape index (κ1) is 11.8. The minimum Gasteiger partial charge on any atom is -0.466 e. The van der Waals surface area contributed by atoms with E-state index in [-0.39, 0.29) is 6.04 Å². The van der Waals surface area contributed by atoms with Gasteiger partial charge in [0.05, 0.1) is 23.1 Å². The molecule has 92 valence electrons. The molecule has 2 aromatic heterocycles. The summed E-state index contributed by atoms with van der Waals surface area (Å²) < 4.78 is 5.55. The standard InChI is InChI=1S/C13H19N3O/c1-7-6-12(11(5)17-7)8(2)14-13-9(3)15-16-10(13)4/h6,8,14H,1-5H3,(H,15,16). The highest BCUT2D eigenvalue weighted by molar-refractivity contribution is 5.53. The highest BCUT2D eigenvalue weighted by atomic mass is 16.3. The molecule has 0 spiro atoms. The van der Waals surface area contributed by atoms with Gasteiger partial charge in [0.2, 0.25) is 0 Å². The smallest absolute Gasteiger partial charge is 0.106 e. The molecule has 4 heteroatoms. The molecule has 1 atom stereocenters. The van der Waals surface area contributed by atoms with Crippen molar-refractivity contribution in [1.29, 1.82) is 0 Å². The van der Waals surface area contributed by atoms with Gasteiger partial charge in [0.15, 0.2) is 0 Å². The zero-order chi connectivity index (χ0) is 12.6. The third-order valence-electron chi connectivity index (χ3n) is 3.03. The molecule has 2 rings (SSSR count). The zero-order valence-corrected chi connectivity index (χ0v) is 11.0. The third kappa shape index (κ3) is 2.20. The quantitative estimate of drug-likeness (QED) is 0.854. The molecule has 0 amide bonds. The molecule has 0 aliphatic carbocycles. The molecule has 0 saturated heterocycles. The fraction of sp³-hybridized carbons (Fsp3) is 0.462. The van der Waals surface area contributed by atoms with Gasteiger partial charge in [-0.25, -0.2) is 0 Å². The Morgan fingerprint density at radius 1 is 1.29 bits per heavy atom. The molecule has 0 aromatic carbocycles. The normalized spacial score (nSPS) is 12.8. The van der Waals surface area contributed by atoms with Crippen LogP contribution in [-0.2, 0) is 0 Å². The lowest BCUT2D eigenvalue weighted by Crippen LogP contribution is -2.08. The van der Waals surface area contributed by atoms with Crippen LogP contribution in [0.5, 0.6) is 0 Å². The van der Waals surface area contributed by atoms with Crippen LogP contribution >= 0.6 is 0 Å². The number of nitrogens with one attached hydrogen (secondary N) is 2. The van der Waals surface area contributed by atoms with Crippen molar-refractivity contribution in [2.24, 2.45) is 0 Å². The molecular weight excluding hydrogens is 214 g/mol. The van der Waals surface area contributed by atoms with Gasteiger partial charge in [-0.2, -0.15) is 5.10 Å². The first-order chi connectivity index (χ1) is 7.99. The summed E-state index contributed by atoms with van der Waals surface area (Å²) in [5, 5.41) is 10.6. The predicted molar refractivity (Wildman–Crippen MR) is 68.3 cm³/mol. The second-order valence-electron chi connectivity index (χ2n) is 4.54. The van der Waals surface area contributed by atoms with Gasteiger partial charge in [-0.05, 0) is 40.7 Å². The fourth-order valence-electron chi connectivity index (χ4n) is 2.14. The average Bonchev–Trinajstić information content (AvgIpc) is 2.74. The minimum atomic E-state index is 0.211. The summed E-state index contributed by atoms with van der Waals surface area (Å²) >= 11 is 0. The number of aromatic nitrogens is 2. The fourth-order valence-corrected chi connectivity index (χ4v) is 2.14. The maximum Gasteiger partial charge on any atom is 0.106 e. The van der Waals surface area contributed by atoms with Gasteiger partial charge in [0.1, 0.15) is 11.5 Å². The molecular formula is C13H19N3O. The van der Waals surface area contributed by atoms with E-state index in [1.807, 2.05) is 27.7 Å². The molecule has 17 heavy (non-hydrogen) atoms. The predicted octanol–water partition coefficient (Wildman–Crippen LogP) is 3.41. The van der Waals surface area contributed by atoms with Gasteiger partial charge in [-0.15, -0.1) is 0 Å². The van der Waals surface area contributed by atoms with E-state index >= 15 is 0 Å². The number of hydrogen-bond donors (Lipinski definition) is 2. The Hall–Kier alpha value is -1.71. The first-order valence-corrected chi connectivity index (χ1v) is 5.84. The summed E-state index contributed by atoms with van der Waals surface area (Å²) in [4.78, 5) is 0. The Labute approximate surface area is 101 Å². The Morgan fingerprint density at radius 3 is 2.47 bits per heavy atom. The van der Waals surface area contributed by atoms with E-state index in [2.05, 4.69) is 28.5 Å². The topological polar surface area (TPSA) is 53.9 Å². The van der Waals surface area contributed by atoms with Crippen LogP contribution < -0.4 is 5.32 Å². The SMILES string of the molecule is Cc1cc(C(C)Nc2c(C)n[nH]c2C)c(C)o1. The van der Waals surface area contributed by atoms with E-state index in [0.29, 0.717) is 0 Å². The largest absolute Gasteiger partial charge is 0.466 e. The average molecular weight is 233 g/mol. The lowest BCUT2D eigenvalue weighted by atomic mass is 10.1. The van der Waals surface area contributed by atoms with Crippen molar-refractivity contribution in [2.45, 2.75) is 40.7 Å². The maximum atomic E-state index is 5.55. The molecule has 2 aromatic rings. The molecule has 0 bridgehead atoms. The minimum absolute atomic E-state index is 0.211. The van der Waals surface area contributed by atoms with E-state index in [9.17, 15) is 0 Å². The van der Waals surface area contributed by atoms with Gasteiger partial charge < -0.3 is 9.73 Å². The summed E-state index contributed by atoms with van der Waals surface area (Å²) in [6.45, 7) is 10.1. The number of anilines is 1. The number of aryl methyl sites for hydroxylation is 4. The summed E-state index contributed by atoms with van der Waals surface area (Å²) in [5.74, 6) is 1.92. The molecule has 1 unspecified atom stereocenters. The van der Waals surface area contributed by atoms with Gasteiger partial charge in [0, 0.05) is 5.56 Å². The number of nitrogens with zero attached hydrogens (tertiary/aromatic N) is 1. The van der Waals surface area contributed by atoms with E-state index in [1.54, 1.807) is 0 Å². The van der Waals surface area contributed by atoms with Crippen LogP contribution in [-0.4, -0.2) is 10.2 Å². The second-order valence-corrected chi connectivity index (χ2v) is 4.54. The van der Waals surface area contributed by atoms with Crippen LogP contribution in [0.25, 0.3) is 0 Å².